The Kier molecular flexibility index (Phi) is 5.68. The van der Waals surface area contributed by atoms with E-state index in [0.29, 0.717) is 30.5 Å². The van der Waals surface area contributed by atoms with Crippen LogP contribution in [-0.2, 0) is 14.4 Å². The van der Waals surface area contributed by atoms with Gasteiger partial charge in [-0.15, -0.1) is 0 Å². The van der Waals surface area contributed by atoms with Crippen LogP contribution in [0.5, 0.6) is 0 Å². The van der Waals surface area contributed by atoms with Crippen LogP contribution in [0.2, 0.25) is 0 Å². The molecule has 5 heteroatoms. The molecule has 0 aromatic heterocycles. The number of nitrogens with one attached hydrogen (secondary N) is 1. The zero-order chi connectivity index (χ0) is 16.8. The van der Waals surface area contributed by atoms with Gasteiger partial charge in [0.25, 0.3) is 0 Å². The quantitative estimate of drug-likeness (QED) is 0.789. The summed E-state index contributed by atoms with van der Waals surface area (Å²) in [5, 5.41) is 11.4. The van der Waals surface area contributed by atoms with Crippen molar-refractivity contribution in [3.8, 4) is 0 Å². The van der Waals surface area contributed by atoms with Gasteiger partial charge in [0.15, 0.2) is 5.78 Å². The van der Waals surface area contributed by atoms with Crippen LogP contribution in [0.25, 0.3) is 0 Å². The summed E-state index contributed by atoms with van der Waals surface area (Å²) in [7, 11) is 0. The van der Waals surface area contributed by atoms with E-state index in [1.807, 2.05) is 30.4 Å². The molecule has 0 radical (unpaired) electrons. The molecule has 23 heavy (non-hydrogen) atoms. The first-order valence-electron chi connectivity index (χ1n) is 7.78. The van der Waals surface area contributed by atoms with Crippen LogP contribution in [0.4, 0.5) is 0 Å². The summed E-state index contributed by atoms with van der Waals surface area (Å²) in [6.45, 7) is 1.57. The second kappa shape index (κ2) is 7.72. The highest BCUT2D eigenvalue weighted by Gasteiger charge is 2.22. The first kappa shape index (κ1) is 16.9. The zero-order valence-corrected chi connectivity index (χ0v) is 13.1. The molecular formula is C18H21NO4. The van der Waals surface area contributed by atoms with Gasteiger partial charge in [0.1, 0.15) is 0 Å². The third-order valence-corrected chi connectivity index (χ3v) is 3.94. The number of amides is 1. The van der Waals surface area contributed by atoms with Crippen LogP contribution >= 0.6 is 0 Å². The average Bonchev–Trinajstić information content (AvgIpc) is 2.54. The molecule has 0 aliphatic heterocycles. The minimum atomic E-state index is -1.01. The predicted octanol–water partition coefficient (Wildman–Crippen LogP) is 2.52. The van der Waals surface area contributed by atoms with Gasteiger partial charge < -0.3 is 10.4 Å². The molecule has 2 rings (SSSR count). The predicted molar refractivity (Wildman–Crippen MR) is 86.4 cm³/mol. The van der Waals surface area contributed by atoms with Crippen molar-refractivity contribution in [3.05, 3.63) is 47.7 Å². The maximum Gasteiger partial charge on any atom is 0.304 e. The number of hydrogen-bond donors (Lipinski definition) is 2. The summed E-state index contributed by atoms with van der Waals surface area (Å²) in [6, 6.07) is 0. The summed E-state index contributed by atoms with van der Waals surface area (Å²) < 4.78 is 0. The molecular weight excluding hydrogens is 294 g/mol. The largest absolute Gasteiger partial charge is 0.481 e. The number of allylic oxidation sites excluding steroid dienone is 7. The number of carbonyl (C=O) groups excluding carboxylic acids is 2. The smallest absolute Gasteiger partial charge is 0.304 e. The van der Waals surface area contributed by atoms with Crippen LogP contribution in [0.3, 0.4) is 0 Å². The standard InChI is InChI=1S/C18H21NO4/c1-12(10-16(20)21)18(23)19-15-9-5-8-14(11-15)17(22)13-6-3-2-4-7-13/h2-4,6,9,11-13H,5,7-8,10H2,1H3,(H,19,23)(H,20,21). The van der Waals surface area contributed by atoms with Gasteiger partial charge in [0, 0.05) is 17.5 Å². The maximum atomic E-state index is 12.5. The number of aliphatic carboxylic acids is 1. The van der Waals surface area contributed by atoms with Crippen LogP contribution in [0, 0.1) is 11.8 Å². The van der Waals surface area contributed by atoms with Crippen molar-refractivity contribution < 1.29 is 19.5 Å². The molecule has 2 atom stereocenters. The van der Waals surface area contributed by atoms with Crippen molar-refractivity contribution in [2.45, 2.75) is 32.6 Å². The van der Waals surface area contributed by atoms with E-state index >= 15 is 0 Å². The van der Waals surface area contributed by atoms with E-state index in [0.717, 1.165) is 0 Å². The van der Waals surface area contributed by atoms with Crippen LogP contribution in [-0.4, -0.2) is 22.8 Å². The lowest BCUT2D eigenvalue weighted by Gasteiger charge is -2.19. The van der Waals surface area contributed by atoms with Crippen molar-refractivity contribution in [3.63, 3.8) is 0 Å². The lowest BCUT2D eigenvalue weighted by molar-refractivity contribution is -0.140. The molecule has 1 amide bonds. The van der Waals surface area contributed by atoms with Crippen molar-refractivity contribution in [1.82, 2.24) is 5.32 Å². The third-order valence-electron chi connectivity index (χ3n) is 3.94. The molecule has 122 valence electrons. The zero-order valence-electron chi connectivity index (χ0n) is 13.1. The Hall–Kier alpha value is -2.43. The van der Waals surface area contributed by atoms with Gasteiger partial charge in [0.2, 0.25) is 5.91 Å². The van der Waals surface area contributed by atoms with E-state index in [2.05, 4.69) is 5.32 Å². The molecule has 0 fully saturated rings. The minimum Gasteiger partial charge on any atom is -0.481 e. The Labute approximate surface area is 135 Å². The van der Waals surface area contributed by atoms with Crippen molar-refractivity contribution in [2.75, 3.05) is 0 Å². The fourth-order valence-corrected chi connectivity index (χ4v) is 2.62. The fraction of sp³-hybridized carbons (Fsp3) is 0.389. The van der Waals surface area contributed by atoms with Crippen LogP contribution in [0.1, 0.15) is 32.6 Å². The van der Waals surface area contributed by atoms with Gasteiger partial charge in [-0.25, -0.2) is 0 Å². The number of hydrogen-bond acceptors (Lipinski definition) is 3. The number of Topliss-reactive ketones (excluding diaryl/α,β-unsaturated/α-hetero) is 1. The Morgan fingerprint density at radius 1 is 1.35 bits per heavy atom. The number of rotatable bonds is 6. The molecule has 2 unspecified atom stereocenters. The lowest BCUT2D eigenvalue weighted by Crippen LogP contribution is -2.30. The van der Waals surface area contributed by atoms with E-state index in [4.69, 9.17) is 5.11 Å². The van der Waals surface area contributed by atoms with Gasteiger partial charge in [-0.3, -0.25) is 14.4 Å². The summed E-state index contributed by atoms with van der Waals surface area (Å²) >= 11 is 0. The monoisotopic (exact) mass is 315 g/mol. The van der Waals surface area contributed by atoms with Crippen LogP contribution in [0.15, 0.2) is 47.7 Å². The molecule has 0 spiro atoms. The Morgan fingerprint density at radius 3 is 2.78 bits per heavy atom. The summed E-state index contributed by atoms with van der Waals surface area (Å²) in [4.78, 5) is 35.1. The Balaban J connectivity index is 1.99. The molecule has 0 saturated carbocycles. The van der Waals surface area contributed by atoms with Crippen molar-refractivity contribution in [1.29, 1.82) is 0 Å². The molecule has 0 saturated heterocycles. The minimum absolute atomic E-state index is 0.0871. The van der Waals surface area contributed by atoms with Crippen molar-refractivity contribution >= 4 is 17.7 Å². The highest BCUT2D eigenvalue weighted by molar-refractivity contribution is 5.99. The second-order valence-electron chi connectivity index (χ2n) is 5.88. The maximum absolute atomic E-state index is 12.5. The Morgan fingerprint density at radius 2 is 2.13 bits per heavy atom. The normalized spacial score (nSPS) is 21.2. The van der Waals surface area contributed by atoms with Crippen LogP contribution < -0.4 is 5.32 Å². The highest BCUT2D eigenvalue weighted by Crippen LogP contribution is 2.24. The van der Waals surface area contributed by atoms with Gasteiger partial charge in [-0.05, 0) is 30.9 Å². The molecule has 2 aliphatic carbocycles. The van der Waals surface area contributed by atoms with E-state index < -0.39 is 11.9 Å². The van der Waals surface area contributed by atoms with Gasteiger partial charge >= 0.3 is 5.97 Å². The third kappa shape index (κ3) is 4.77. The molecule has 5 nitrogen and oxygen atoms in total. The average molecular weight is 315 g/mol. The summed E-state index contributed by atoms with van der Waals surface area (Å²) in [5.41, 5.74) is 1.29. The highest BCUT2D eigenvalue weighted by atomic mass is 16.4. The summed E-state index contributed by atoms with van der Waals surface area (Å²) in [5.74, 6) is -2.01. The van der Waals surface area contributed by atoms with Gasteiger partial charge in [-0.2, -0.15) is 0 Å². The van der Waals surface area contributed by atoms with E-state index in [9.17, 15) is 14.4 Å². The molecule has 0 aromatic carbocycles. The molecule has 0 aromatic rings. The number of carboxylic acids is 1. The SMILES string of the molecule is CC(CC(=O)O)C(=O)NC1=CCCC(C(=O)C2C=CC=CC2)=C1. The van der Waals surface area contributed by atoms with E-state index in [-0.39, 0.29) is 24.0 Å². The molecule has 0 bridgehead atoms. The number of carboxylic acid groups (broad SMARTS) is 1. The fourth-order valence-electron chi connectivity index (χ4n) is 2.62. The topological polar surface area (TPSA) is 83.5 Å². The van der Waals surface area contributed by atoms with Gasteiger partial charge in [-0.1, -0.05) is 37.3 Å². The number of carbonyl (C=O) groups is 3. The lowest BCUT2D eigenvalue weighted by atomic mass is 9.88. The second-order valence-corrected chi connectivity index (χ2v) is 5.88. The molecule has 2 N–H and O–H groups in total. The van der Waals surface area contributed by atoms with Gasteiger partial charge in [0.05, 0.1) is 6.42 Å². The first-order valence-corrected chi connectivity index (χ1v) is 7.78. The van der Waals surface area contributed by atoms with Crippen molar-refractivity contribution in [2.24, 2.45) is 11.8 Å². The summed E-state index contributed by atoms with van der Waals surface area (Å²) in [6.07, 6.45) is 13.1. The Bertz CT molecular complexity index is 625. The molecule has 2 aliphatic rings. The first-order chi connectivity index (χ1) is 11.0. The number of ketones is 1. The molecule has 0 heterocycles. The van der Waals surface area contributed by atoms with E-state index in [1.165, 1.54) is 0 Å². The van der Waals surface area contributed by atoms with E-state index in [1.54, 1.807) is 13.0 Å².